The van der Waals surface area contributed by atoms with Gasteiger partial charge < -0.3 is 10.6 Å². The number of halogens is 5. The molecular formula is C19H15Cl2F3N2O2. The molecule has 1 saturated carbocycles. The summed E-state index contributed by atoms with van der Waals surface area (Å²) in [4.78, 5) is 24.0. The zero-order valence-electron chi connectivity index (χ0n) is 14.4. The quantitative estimate of drug-likeness (QED) is 0.653. The largest absolute Gasteiger partial charge is 0.418 e. The van der Waals surface area contributed by atoms with E-state index in [0.717, 1.165) is 25.0 Å². The number of carbonyl (C=O) groups excluding carboxylic acids is 2. The second-order valence-corrected chi connectivity index (χ2v) is 7.33. The van der Waals surface area contributed by atoms with Crippen LogP contribution in [0.15, 0.2) is 36.4 Å². The van der Waals surface area contributed by atoms with Crippen LogP contribution in [0.4, 0.5) is 24.5 Å². The van der Waals surface area contributed by atoms with Gasteiger partial charge >= 0.3 is 6.18 Å². The Morgan fingerprint density at radius 2 is 1.75 bits per heavy atom. The average Bonchev–Trinajstić information content (AvgIpc) is 3.43. The number of anilines is 2. The lowest BCUT2D eigenvalue weighted by Crippen LogP contribution is -2.19. The summed E-state index contributed by atoms with van der Waals surface area (Å²) in [5, 5.41) is 5.36. The third-order valence-corrected chi connectivity index (χ3v) is 4.77. The first-order chi connectivity index (χ1) is 13.1. The van der Waals surface area contributed by atoms with E-state index in [1.807, 2.05) is 0 Å². The summed E-state index contributed by atoms with van der Waals surface area (Å²) >= 11 is 11.8. The minimum absolute atomic E-state index is 0.0305. The summed E-state index contributed by atoms with van der Waals surface area (Å²) in [6, 6.07) is 7.77. The number of nitrogens with one attached hydrogen (secondary N) is 2. The van der Waals surface area contributed by atoms with Crippen LogP contribution in [0.25, 0.3) is 0 Å². The minimum atomic E-state index is -4.71. The molecule has 148 valence electrons. The van der Waals surface area contributed by atoms with Crippen LogP contribution in [0.2, 0.25) is 10.0 Å². The predicted octanol–water partition coefficient (Wildman–Crippen LogP) is 5.54. The molecule has 0 unspecified atom stereocenters. The first-order valence-electron chi connectivity index (χ1n) is 8.39. The van der Waals surface area contributed by atoms with Gasteiger partial charge in [-0.15, -0.1) is 0 Å². The lowest BCUT2D eigenvalue weighted by Gasteiger charge is -2.16. The third-order valence-electron chi connectivity index (χ3n) is 4.18. The highest BCUT2D eigenvalue weighted by molar-refractivity contribution is 6.35. The maximum Gasteiger partial charge on any atom is 0.418 e. The maximum absolute atomic E-state index is 13.4. The molecule has 2 aromatic carbocycles. The van der Waals surface area contributed by atoms with E-state index in [-0.39, 0.29) is 29.0 Å². The van der Waals surface area contributed by atoms with Crippen molar-refractivity contribution in [1.82, 2.24) is 0 Å². The average molecular weight is 431 g/mol. The van der Waals surface area contributed by atoms with Crippen molar-refractivity contribution in [3.8, 4) is 0 Å². The van der Waals surface area contributed by atoms with E-state index in [9.17, 15) is 22.8 Å². The van der Waals surface area contributed by atoms with E-state index in [4.69, 9.17) is 23.2 Å². The van der Waals surface area contributed by atoms with Gasteiger partial charge in [-0.2, -0.15) is 13.2 Å². The molecule has 28 heavy (non-hydrogen) atoms. The van der Waals surface area contributed by atoms with Crippen LogP contribution >= 0.6 is 23.2 Å². The molecule has 1 aliphatic rings. The highest BCUT2D eigenvalue weighted by Gasteiger charge is 2.35. The molecule has 4 nitrogen and oxygen atoms in total. The molecular weight excluding hydrogens is 416 g/mol. The Morgan fingerprint density at radius 3 is 2.36 bits per heavy atom. The summed E-state index contributed by atoms with van der Waals surface area (Å²) < 4.78 is 40.3. The Hall–Kier alpha value is -2.25. The van der Waals surface area contributed by atoms with Gasteiger partial charge in [0.2, 0.25) is 11.8 Å². The molecule has 9 heteroatoms. The molecule has 1 fully saturated rings. The Labute approximate surface area is 169 Å². The number of hydrogen-bond donors (Lipinski definition) is 2. The van der Waals surface area contributed by atoms with Crippen LogP contribution in [-0.2, 0) is 22.2 Å². The fourth-order valence-electron chi connectivity index (χ4n) is 2.59. The van der Waals surface area contributed by atoms with E-state index in [1.165, 1.54) is 24.3 Å². The van der Waals surface area contributed by atoms with Gasteiger partial charge in [-0.1, -0.05) is 29.3 Å². The Morgan fingerprint density at radius 1 is 1.04 bits per heavy atom. The molecule has 2 N–H and O–H groups in total. The third kappa shape index (κ3) is 5.17. The van der Waals surface area contributed by atoms with Crippen LogP contribution in [0.3, 0.4) is 0 Å². The van der Waals surface area contributed by atoms with Crippen LogP contribution in [0, 0.1) is 5.92 Å². The number of hydrogen-bond acceptors (Lipinski definition) is 2. The Kier molecular flexibility index (Phi) is 5.86. The van der Waals surface area contributed by atoms with Gasteiger partial charge in [0, 0.05) is 21.7 Å². The van der Waals surface area contributed by atoms with Crippen molar-refractivity contribution in [1.29, 1.82) is 0 Å². The summed E-state index contributed by atoms with van der Waals surface area (Å²) in [7, 11) is 0. The molecule has 0 aromatic heterocycles. The van der Waals surface area contributed by atoms with Gasteiger partial charge in [0.25, 0.3) is 0 Å². The van der Waals surface area contributed by atoms with Crippen molar-refractivity contribution in [2.75, 3.05) is 10.6 Å². The first kappa shape index (κ1) is 20.5. The molecule has 0 saturated heterocycles. The first-order valence-corrected chi connectivity index (χ1v) is 9.15. The number of carbonyl (C=O) groups is 2. The van der Waals surface area contributed by atoms with Crippen molar-refractivity contribution in [2.45, 2.75) is 25.4 Å². The number of benzene rings is 2. The standard InChI is InChI=1S/C19H15Cl2F3N2O2/c20-12-4-3-11(15(21)8-12)7-17(27)26-16-6-5-13(9-14(16)19(22,23)24)25-18(28)10-1-2-10/h3-6,8-10H,1-2,7H2,(H,25,28)(H,26,27). The highest BCUT2D eigenvalue weighted by Crippen LogP contribution is 2.37. The van der Waals surface area contributed by atoms with Crippen molar-refractivity contribution >= 4 is 46.4 Å². The van der Waals surface area contributed by atoms with Crippen LogP contribution in [0.5, 0.6) is 0 Å². The molecule has 1 aliphatic carbocycles. The van der Waals surface area contributed by atoms with E-state index < -0.39 is 23.3 Å². The second kappa shape index (κ2) is 8.01. The van der Waals surface area contributed by atoms with E-state index >= 15 is 0 Å². The van der Waals surface area contributed by atoms with Gasteiger partial charge in [0.1, 0.15) is 0 Å². The van der Waals surface area contributed by atoms with Crippen molar-refractivity contribution in [3.05, 3.63) is 57.6 Å². The monoisotopic (exact) mass is 430 g/mol. The van der Waals surface area contributed by atoms with Crippen molar-refractivity contribution in [2.24, 2.45) is 5.92 Å². The van der Waals surface area contributed by atoms with Gasteiger partial charge in [-0.3, -0.25) is 9.59 Å². The molecule has 2 aromatic rings. The molecule has 0 bridgehead atoms. The number of rotatable bonds is 5. The molecule has 0 heterocycles. The SMILES string of the molecule is O=C(Cc1ccc(Cl)cc1Cl)Nc1ccc(NC(=O)C2CC2)cc1C(F)(F)F. The van der Waals surface area contributed by atoms with Crippen LogP contribution in [0.1, 0.15) is 24.0 Å². The van der Waals surface area contributed by atoms with Crippen LogP contribution < -0.4 is 10.6 Å². The molecule has 0 radical (unpaired) electrons. The van der Waals surface area contributed by atoms with Gasteiger partial charge in [-0.05, 0) is 48.7 Å². The van der Waals surface area contributed by atoms with Crippen molar-refractivity contribution in [3.63, 3.8) is 0 Å². The van der Waals surface area contributed by atoms with Crippen LogP contribution in [-0.4, -0.2) is 11.8 Å². The minimum Gasteiger partial charge on any atom is -0.326 e. The molecule has 0 aliphatic heterocycles. The highest BCUT2D eigenvalue weighted by atomic mass is 35.5. The summed E-state index contributed by atoms with van der Waals surface area (Å²) in [5.74, 6) is -1.11. The maximum atomic E-state index is 13.4. The lowest BCUT2D eigenvalue weighted by atomic mass is 10.1. The van der Waals surface area contributed by atoms with Gasteiger partial charge in [-0.25, -0.2) is 0 Å². The second-order valence-electron chi connectivity index (χ2n) is 6.48. The molecule has 3 rings (SSSR count). The Bertz CT molecular complexity index is 928. The summed E-state index contributed by atoms with van der Waals surface area (Å²) in [6.45, 7) is 0. The predicted molar refractivity (Wildman–Crippen MR) is 102 cm³/mol. The lowest BCUT2D eigenvalue weighted by molar-refractivity contribution is -0.137. The topological polar surface area (TPSA) is 58.2 Å². The summed E-state index contributed by atoms with van der Waals surface area (Å²) in [5.41, 5.74) is -0.975. The summed E-state index contributed by atoms with van der Waals surface area (Å²) in [6.07, 6.45) is -3.45. The molecule has 0 atom stereocenters. The fourth-order valence-corrected chi connectivity index (χ4v) is 3.06. The fraction of sp³-hybridized carbons (Fsp3) is 0.263. The zero-order chi connectivity index (χ0) is 20.5. The Balaban J connectivity index is 1.77. The molecule has 2 amide bonds. The zero-order valence-corrected chi connectivity index (χ0v) is 15.9. The van der Waals surface area contributed by atoms with E-state index in [0.29, 0.717) is 10.6 Å². The van der Waals surface area contributed by atoms with E-state index in [1.54, 1.807) is 0 Å². The van der Waals surface area contributed by atoms with Crippen molar-refractivity contribution < 1.29 is 22.8 Å². The van der Waals surface area contributed by atoms with E-state index in [2.05, 4.69) is 10.6 Å². The number of alkyl halides is 3. The smallest absolute Gasteiger partial charge is 0.326 e. The van der Waals surface area contributed by atoms with Gasteiger partial charge in [0.15, 0.2) is 0 Å². The normalized spacial score (nSPS) is 13.9. The number of amides is 2. The van der Waals surface area contributed by atoms with Gasteiger partial charge in [0.05, 0.1) is 17.7 Å². The molecule has 0 spiro atoms.